The lowest BCUT2D eigenvalue weighted by Crippen LogP contribution is -2.36. The molecular formula is C11H13N3O. The highest BCUT2D eigenvalue weighted by molar-refractivity contribution is 5.90. The molecule has 1 aliphatic rings. The Morgan fingerprint density at radius 2 is 2.00 bits per heavy atom. The standard InChI is InChI=1S/C11H13N3O/c1-2-4-10-9(3-1)11(13-12-10)14-5-7-15-8-6-14/h1-4H,5-8H2,(H,12,13). The number of aromatic nitrogens is 2. The maximum atomic E-state index is 5.33. The lowest BCUT2D eigenvalue weighted by molar-refractivity contribution is 0.122. The van der Waals surface area contributed by atoms with Crippen molar-refractivity contribution in [2.45, 2.75) is 0 Å². The number of rotatable bonds is 1. The number of nitrogens with one attached hydrogen (secondary N) is 1. The molecule has 1 N–H and O–H groups in total. The largest absolute Gasteiger partial charge is 0.378 e. The third-order valence-electron chi connectivity index (χ3n) is 2.76. The molecule has 0 atom stereocenters. The molecule has 0 unspecified atom stereocenters. The van der Waals surface area contributed by atoms with Crippen LogP contribution in [0, 0.1) is 0 Å². The Morgan fingerprint density at radius 1 is 1.20 bits per heavy atom. The molecule has 2 aromatic rings. The van der Waals surface area contributed by atoms with Crippen molar-refractivity contribution in [2.24, 2.45) is 0 Å². The van der Waals surface area contributed by atoms with Crippen LogP contribution in [-0.2, 0) is 4.74 Å². The number of ether oxygens (including phenoxy) is 1. The Bertz CT molecular complexity index is 460. The van der Waals surface area contributed by atoms with Gasteiger partial charge in [-0.05, 0) is 12.1 Å². The zero-order valence-corrected chi connectivity index (χ0v) is 8.44. The summed E-state index contributed by atoms with van der Waals surface area (Å²) < 4.78 is 5.33. The Hall–Kier alpha value is -1.55. The summed E-state index contributed by atoms with van der Waals surface area (Å²) in [6.07, 6.45) is 0. The fraction of sp³-hybridized carbons (Fsp3) is 0.364. The number of anilines is 1. The first kappa shape index (κ1) is 8.73. The summed E-state index contributed by atoms with van der Waals surface area (Å²) in [6.45, 7) is 3.44. The molecular weight excluding hydrogens is 190 g/mol. The summed E-state index contributed by atoms with van der Waals surface area (Å²) >= 11 is 0. The number of H-pyrrole nitrogens is 1. The van der Waals surface area contributed by atoms with Gasteiger partial charge in [-0.2, -0.15) is 5.10 Å². The third kappa shape index (κ3) is 1.47. The first-order chi connectivity index (χ1) is 7.45. The molecule has 0 aliphatic carbocycles. The van der Waals surface area contributed by atoms with Gasteiger partial charge in [0.1, 0.15) is 0 Å². The number of nitrogens with zero attached hydrogens (tertiary/aromatic N) is 2. The topological polar surface area (TPSA) is 41.1 Å². The van der Waals surface area contributed by atoms with Crippen LogP contribution in [0.15, 0.2) is 24.3 Å². The summed E-state index contributed by atoms with van der Waals surface area (Å²) in [7, 11) is 0. The predicted molar refractivity (Wildman–Crippen MR) is 59.1 cm³/mol. The normalized spacial score (nSPS) is 17.2. The van der Waals surface area contributed by atoms with Crippen LogP contribution in [-0.4, -0.2) is 36.5 Å². The number of hydrogen-bond donors (Lipinski definition) is 1. The first-order valence-corrected chi connectivity index (χ1v) is 5.21. The van der Waals surface area contributed by atoms with E-state index in [1.54, 1.807) is 0 Å². The van der Waals surface area contributed by atoms with E-state index in [4.69, 9.17) is 4.74 Å². The van der Waals surface area contributed by atoms with Gasteiger partial charge in [-0.3, -0.25) is 5.10 Å². The van der Waals surface area contributed by atoms with Crippen LogP contribution in [0.5, 0.6) is 0 Å². The van der Waals surface area contributed by atoms with Crippen molar-refractivity contribution in [3.05, 3.63) is 24.3 Å². The van der Waals surface area contributed by atoms with E-state index in [2.05, 4.69) is 21.2 Å². The van der Waals surface area contributed by atoms with E-state index >= 15 is 0 Å². The fourth-order valence-electron chi connectivity index (χ4n) is 1.97. The number of morpholine rings is 1. The Balaban J connectivity index is 2.02. The van der Waals surface area contributed by atoms with Crippen LogP contribution in [0.2, 0.25) is 0 Å². The summed E-state index contributed by atoms with van der Waals surface area (Å²) in [5, 5.41) is 8.61. The molecule has 3 rings (SSSR count). The van der Waals surface area contributed by atoms with Gasteiger partial charge in [-0.1, -0.05) is 12.1 Å². The summed E-state index contributed by atoms with van der Waals surface area (Å²) in [5.74, 6) is 1.05. The fourth-order valence-corrected chi connectivity index (χ4v) is 1.97. The molecule has 1 fully saturated rings. The predicted octanol–water partition coefficient (Wildman–Crippen LogP) is 1.40. The molecule has 0 spiro atoms. The highest BCUT2D eigenvalue weighted by Gasteiger charge is 2.15. The number of hydrogen-bond acceptors (Lipinski definition) is 3. The Morgan fingerprint density at radius 3 is 2.87 bits per heavy atom. The van der Waals surface area contributed by atoms with Crippen LogP contribution < -0.4 is 4.90 Å². The number of para-hydroxylation sites is 1. The van der Waals surface area contributed by atoms with Crippen molar-refractivity contribution in [1.29, 1.82) is 0 Å². The molecule has 4 heteroatoms. The van der Waals surface area contributed by atoms with Gasteiger partial charge >= 0.3 is 0 Å². The minimum atomic E-state index is 0.793. The van der Waals surface area contributed by atoms with E-state index in [-0.39, 0.29) is 0 Å². The van der Waals surface area contributed by atoms with Crippen LogP contribution in [0.3, 0.4) is 0 Å². The maximum Gasteiger partial charge on any atom is 0.158 e. The van der Waals surface area contributed by atoms with E-state index in [1.807, 2.05) is 18.2 Å². The average Bonchev–Trinajstić information content (AvgIpc) is 2.74. The highest BCUT2D eigenvalue weighted by Crippen LogP contribution is 2.23. The number of aromatic amines is 1. The van der Waals surface area contributed by atoms with Gasteiger partial charge in [-0.15, -0.1) is 0 Å². The lowest BCUT2D eigenvalue weighted by atomic mass is 10.2. The third-order valence-corrected chi connectivity index (χ3v) is 2.76. The zero-order valence-electron chi connectivity index (χ0n) is 8.44. The van der Waals surface area contributed by atoms with Crippen LogP contribution in [0.4, 0.5) is 5.82 Å². The molecule has 1 aromatic carbocycles. The van der Waals surface area contributed by atoms with Gasteiger partial charge in [0, 0.05) is 18.5 Å². The van der Waals surface area contributed by atoms with Crippen LogP contribution >= 0.6 is 0 Å². The van der Waals surface area contributed by atoms with Crippen molar-refractivity contribution in [3.8, 4) is 0 Å². The van der Waals surface area contributed by atoms with Crippen molar-refractivity contribution < 1.29 is 4.74 Å². The maximum absolute atomic E-state index is 5.33. The molecule has 1 aromatic heterocycles. The highest BCUT2D eigenvalue weighted by atomic mass is 16.5. The van der Waals surface area contributed by atoms with Gasteiger partial charge in [0.05, 0.1) is 18.7 Å². The molecule has 15 heavy (non-hydrogen) atoms. The van der Waals surface area contributed by atoms with Crippen LogP contribution in [0.25, 0.3) is 10.9 Å². The zero-order chi connectivity index (χ0) is 10.1. The van der Waals surface area contributed by atoms with E-state index in [0.717, 1.165) is 37.6 Å². The van der Waals surface area contributed by atoms with Gasteiger partial charge in [0.25, 0.3) is 0 Å². The van der Waals surface area contributed by atoms with Crippen molar-refractivity contribution in [3.63, 3.8) is 0 Å². The lowest BCUT2D eigenvalue weighted by Gasteiger charge is -2.26. The van der Waals surface area contributed by atoms with E-state index in [9.17, 15) is 0 Å². The number of fused-ring (bicyclic) bond motifs is 1. The van der Waals surface area contributed by atoms with Crippen LogP contribution in [0.1, 0.15) is 0 Å². The van der Waals surface area contributed by atoms with E-state index in [1.165, 1.54) is 5.39 Å². The van der Waals surface area contributed by atoms with E-state index in [0.29, 0.717) is 0 Å². The molecule has 1 aliphatic heterocycles. The van der Waals surface area contributed by atoms with E-state index < -0.39 is 0 Å². The Labute approximate surface area is 87.8 Å². The molecule has 0 radical (unpaired) electrons. The van der Waals surface area contributed by atoms with Gasteiger partial charge < -0.3 is 9.64 Å². The SMILES string of the molecule is c1ccc2c(N3CCOCC3)n[nH]c2c1. The minimum absolute atomic E-state index is 0.793. The first-order valence-electron chi connectivity index (χ1n) is 5.21. The van der Waals surface area contributed by atoms with Gasteiger partial charge in [-0.25, -0.2) is 0 Å². The molecule has 4 nitrogen and oxygen atoms in total. The molecule has 0 bridgehead atoms. The second kappa shape index (κ2) is 3.55. The Kier molecular flexibility index (Phi) is 2.07. The minimum Gasteiger partial charge on any atom is -0.378 e. The van der Waals surface area contributed by atoms with Crippen molar-refractivity contribution in [1.82, 2.24) is 10.2 Å². The summed E-state index contributed by atoms with van der Waals surface area (Å²) in [5.41, 5.74) is 1.10. The molecule has 0 amide bonds. The molecule has 1 saturated heterocycles. The monoisotopic (exact) mass is 203 g/mol. The number of benzene rings is 1. The second-order valence-electron chi connectivity index (χ2n) is 3.69. The second-order valence-corrected chi connectivity index (χ2v) is 3.69. The summed E-state index contributed by atoms with van der Waals surface area (Å²) in [4.78, 5) is 2.27. The molecule has 78 valence electrons. The van der Waals surface area contributed by atoms with Crippen molar-refractivity contribution >= 4 is 16.7 Å². The summed E-state index contributed by atoms with van der Waals surface area (Å²) in [6, 6.07) is 8.21. The molecule has 2 heterocycles. The van der Waals surface area contributed by atoms with Crippen molar-refractivity contribution in [2.75, 3.05) is 31.2 Å². The smallest absolute Gasteiger partial charge is 0.158 e. The molecule has 0 saturated carbocycles. The quantitative estimate of drug-likeness (QED) is 0.761. The van der Waals surface area contributed by atoms with Gasteiger partial charge in [0.2, 0.25) is 0 Å². The van der Waals surface area contributed by atoms with Gasteiger partial charge in [0.15, 0.2) is 5.82 Å². The average molecular weight is 203 g/mol.